The van der Waals surface area contributed by atoms with Crippen LogP contribution in [0.3, 0.4) is 0 Å². The highest BCUT2D eigenvalue weighted by atomic mass is 16.5. The van der Waals surface area contributed by atoms with E-state index in [0.717, 1.165) is 58.7 Å². The Bertz CT molecular complexity index is 1230. The van der Waals surface area contributed by atoms with E-state index in [1.54, 1.807) is 0 Å². The molecule has 4 heterocycles. The summed E-state index contributed by atoms with van der Waals surface area (Å²) in [4.78, 5) is 11.8. The van der Waals surface area contributed by atoms with Crippen LogP contribution in [0.15, 0.2) is 35.0 Å². The maximum absolute atomic E-state index is 9.37. The van der Waals surface area contributed by atoms with Crippen LogP contribution in [0.5, 0.6) is 0 Å². The molecule has 7 heteroatoms. The normalized spacial score (nSPS) is 17.5. The van der Waals surface area contributed by atoms with Crippen molar-refractivity contribution in [2.75, 3.05) is 20.1 Å². The predicted octanol–water partition coefficient (Wildman–Crippen LogP) is 3.22. The second-order valence-electron chi connectivity index (χ2n) is 7.54. The minimum Gasteiger partial charge on any atom is -0.361 e. The second kappa shape index (κ2) is 6.43. The van der Waals surface area contributed by atoms with Gasteiger partial charge in [-0.3, -0.25) is 4.98 Å². The number of benzene rings is 1. The first-order valence-electron chi connectivity index (χ1n) is 9.43. The van der Waals surface area contributed by atoms with Crippen molar-refractivity contribution in [3.63, 3.8) is 0 Å². The van der Waals surface area contributed by atoms with Gasteiger partial charge in [-0.1, -0.05) is 5.16 Å². The molecule has 1 aliphatic heterocycles. The molecule has 3 aromatic heterocycles. The zero-order valence-electron chi connectivity index (χ0n) is 15.9. The topological polar surface area (TPSA) is 83.8 Å². The molecule has 0 aliphatic carbocycles. The minimum atomic E-state index is 0.328. The number of imidazole rings is 1. The van der Waals surface area contributed by atoms with Crippen LogP contribution >= 0.6 is 0 Å². The van der Waals surface area contributed by atoms with Crippen molar-refractivity contribution < 1.29 is 4.52 Å². The molecule has 5 rings (SSSR count). The summed E-state index contributed by atoms with van der Waals surface area (Å²) >= 11 is 0. The van der Waals surface area contributed by atoms with Gasteiger partial charge in [-0.05, 0) is 45.1 Å². The van der Waals surface area contributed by atoms with Crippen molar-refractivity contribution in [2.45, 2.75) is 25.8 Å². The van der Waals surface area contributed by atoms with E-state index in [1.807, 2.05) is 37.4 Å². The fourth-order valence-electron chi connectivity index (χ4n) is 4.20. The van der Waals surface area contributed by atoms with Crippen LogP contribution in [-0.2, 0) is 6.42 Å². The Labute approximate surface area is 162 Å². The summed E-state index contributed by atoms with van der Waals surface area (Å²) in [5.74, 6) is 1.75. The van der Waals surface area contributed by atoms with Crippen LogP contribution in [0.4, 0.5) is 0 Å². The Morgan fingerprint density at radius 3 is 2.89 bits per heavy atom. The Morgan fingerprint density at radius 1 is 1.29 bits per heavy atom. The van der Waals surface area contributed by atoms with Crippen LogP contribution < -0.4 is 0 Å². The zero-order chi connectivity index (χ0) is 19.3. The summed E-state index contributed by atoms with van der Waals surface area (Å²) in [5.41, 5.74) is 4.29. The first kappa shape index (κ1) is 16.9. The fraction of sp³-hybridized carbons (Fsp3) is 0.333. The van der Waals surface area contributed by atoms with E-state index in [-0.39, 0.29) is 0 Å². The van der Waals surface area contributed by atoms with Crippen molar-refractivity contribution >= 4 is 21.9 Å². The van der Waals surface area contributed by atoms with Gasteiger partial charge < -0.3 is 14.0 Å². The van der Waals surface area contributed by atoms with Gasteiger partial charge in [0.2, 0.25) is 0 Å². The molecule has 1 fully saturated rings. The number of rotatable bonds is 3. The van der Waals surface area contributed by atoms with Crippen LogP contribution in [0.25, 0.3) is 21.9 Å². The van der Waals surface area contributed by atoms with Gasteiger partial charge in [-0.2, -0.15) is 5.26 Å². The van der Waals surface area contributed by atoms with Crippen LogP contribution in [0.2, 0.25) is 0 Å². The Morgan fingerprint density at radius 2 is 2.18 bits per heavy atom. The molecule has 140 valence electrons. The summed E-state index contributed by atoms with van der Waals surface area (Å²) in [7, 11) is 2.15. The van der Waals surface area contributed by atoms with Gasteiger partial charge >= 0.3 is 0 Å². The van der Waals surface area contributed by atoms with E-state index >= 15 is 0 Å². The van der Waals surface area contributed by atoms with E-state index in [9.17, 15) is 5.26 Å². The number of fused-ring (bicyclic) bond motifs is 3. The Balaban J connectivity index is 1.76. The summed E-state index contributed by atoms with van der Waals surface area (Å²) in [5, 5.41) is 14.5. The molecule has 0 spiro atoms. The molecular weight excluding hydrogens is 352 g/mol. The predicted molar refractivity (Wildman–Crippen MR) is 105 cm³/mol. The summed E-state index contributed by atoms with van der Waals surface area (Å²) in [6, 6.07) is 10.2. The molecule has 4 aromatic rings. The van der Waals surface area contributed by atoms with Gasteiger partial charge in [0.1, 0.15) is 17.1 Å². The fourth-order valence-corrected chi connectivity index (χ4v) is 4.20. The molecule has 0 N–H and O–H groups in total. The Hall–Kier alpha value is -3.24. The largest absolute Gasteiger partial charge is 0.361 e. The standard InChI is InChI=1S/C21H20N6O/c1-13-7-15(25-28-13)9-20-24-19-11-23-18-4-3-14(10-22)8-17(18)21(19)27(20)16-5-6-26(2)12-16/h3-4,7-8,11,16H,5-6,9,12H2,1-2H3/t16-/m0/s1. The lowest BCUT2D eigenvalue weighted by molar-refractivity contribution is 0.387. The molecule has 0 radical (unpaired) electrons. The summed E-state index contributed by atoms with van der Waals surface area (Å²) in [6.45, 7) is 3.92. The third-order valence-corrected chi connectivity index (χ3v) is 5.47. The third kappa shape index (κ3) is 2.74. The smallest absolute Gasteiger partial charge is 0.133 e. The van der Waals surface area contributed by atoms with Gasteiger partial charge in [0.15, 0.2) is 0 Å². The maximum atomic E-state index is 9.37. The van der Waals surface area contributed by atoms with Crippen molar-refractivity contribution in [1.29, 1.82) is 5.26 Å². The number of aromatic nitrogens is 4. The molecule has 7 nitrogen and oxygen atoms in total. The molecule has 28 heavy (non-hydrogen) atoms. The van der Waals surface area contributed by atoms with Gasteiger partial charge in [0.25, 0.3) is 0 Å². The number of nitrogens with zero attached hydrogens (tertiary/aromatic N) is 6. The first-order chi connectivity index (χ1) is 13.6. The van der Waals surface area contributed by atoms with Crippen LogP contribution in [0.1, 0.15) is 35.3 Å². The highest BCUT2D eigenvalue weighted by Gasteiger charge is 2.27. The highest BCUT2D eigenvalue weighted by molar-refractivity contribution is 6.02. The van der Waals surface area contributed by atoms with Crippen LogP contribution in [0, 0.1) is 18.3 Å². The number of aryl methyl sites for hydroxylation is 1. The number of likely N-dealkylation sites (N-methyl/N-ethyl adjacent to an activating group) is 1. The molecular formula is C21H20N6O. The number of hydrogen-bond donors (Lipinski definition) is 0. The Kier molecular flexibility index (Phi) is 3.88. The quantitative estimate of drug-likeness (QED) is 0.549. The molecule has 0 bridgehead atoms. The van der Waals surface area contributed by atoms with Crippen molar-refractivity contribution in [3.8, 4) is 6.07 Å². The van der Waals surface area contributed by atoms with E-state index < -0.39 is 0 Å². The monoisotopic (exact) mass is 372 g/mol. The zero-order valence-corrected chi connectivity index (χ0v) is 15.9. The van der Waals surface area contributed by atoms with Gasteiger partial charge in [0.05, 0.1) is 41.0 Å². The number of likely N-dealkylation sites (tertiary alicyclic amines) is 1. The SMILES string of the molecule is Cc1cc(Cc2nc3cnc4ccc(C#N)cc4c3n2[C@H]2CCN(C)C2)no1. The average molecular weight is 372 g/mol. The van der Waals surface area contributed by atoms with Crippen molar-refractivity contribution in [2.24, 2.45) is 0 Å². The van der Waals surface area contributed by atoms with E-state index in [2.05, 4.69) is 32.7 Å². The average Bonchev–Trinajstić information content (AvgIpc) is 3.39. The van der Waals surface area contributed by atoms with E-state index in [0.29, 0.717) is 18.0 Å². The van der Waals surface area contributed by atoms with Crippen molar-refractivity contribution in [1.82, 2.24) is 24.6 Å². The van der Waals surface area contributed by atoms with E-state index in [1.165, 1.54) is 0 Å². The first-order valence-corrected chi connectivity index (χ1v) is 9.43. The maximum Gasteiger partial charge on any atom is 0.133 e. The third-order valence-electron chi connectivity index (χ3n) is 5.47. The van der Waals surface area contributed by atoms with Gasteiger partial charge in [-0.25, -0.2) is 4.98 Å². The molecule has 0 saturated carbocycles. The van der Waals surface area contributed by atoms with Crippen molar-refractivity contribution in [3.05, 3.63) is 53.3 Å². The van der Waals surface area contributed by atoms with Gasteiger partial charge in [-0.15, -0.1) is 0 Å². The second-order valence-corrected chi connectivity index (χ2v) is 7.54. The molecule has 1 saturated heterocycles. The lowest BCUT2D eigenvalue weighted by atomic mass is 10.1. The number of pyridine rings is 1. The highest BCUT2D eigenvalue weighted by Crippen LogP contribution is 2.32. The summed E-state index contributed by atoms with van der Waals surface area (Å²) < 4.78 is 7.59. The molecule has 0 amide bonds. The lowest BCUT2D eigenvalue weighted by Gasteiger charge is -2.17. The molecule has 1 atom stereocenters. The summed E-state index contributed by atoms with van der Waals surface area (Å²) in [6.07, 6.45) is 3.50. The lowest BCUT2D eigenvalue weighted by Crippen LogP contribution is -2.18. The number of hydrogen-bond acceptors (Lipinski definition) is 6. The molecule has 1 aliphatic rings. The van der Waals surface area contributed by atoms with E-state index in [4.69, 9.17) is 9.51 Å². The van der Waals surface area contributed by atoms with Gasteiger partial charge in [0, 0.05) is 24.0 Å². The molecule has 0 unspecified atom stereocenters. The van der Waals surface area contributed by atoms with Crippen LogP contribution in [-0.4, -0.2) is 44.7 Å². The number of nitriles is 1. The minimum absolute atomic E-state index is 0.328. The molecule has 1 aromatic carbocycles.